The van der Waals surface area contributed by atoms with Crippen molar-refractivity contribution < 1.29 is 9.59 Å². The predicted octanol–water partition coefficient (Wildman–Crippen LogP) is 3.49. The van der Waals surface area contributed by atoms with Crippen molar-refractivity contribution >= 4 is 23.1 Å². The molecule has 0 aliphatic rings. The van der Waals surface area contributed by atoms with Gasteiger partial charge in [-0.2, -0.15) is 0 Å². The molecular weight excluding hydrogens is 300 g/mol. The molecule has 0 unspecified atom stereocenters. The number of benzene rings is 2. The summed E-state index contributed by atoms with van der Waals surface area (Å²) in [6.07, 6.45) is 3.18. The maximum atomic E-state index is 12.3. The molecule has 3 rings (SSSR count). The molecule has 2 aromatic carbocycles. The number of hydrogen-bond acceptors (Lipinski definition) is 2. The zero-order valence-electron chi connectivity index (χ0n) is 13.4. The number of hydrogen-bond donors (Lipinski definition) is 2. The molecule has 0 aliphatic carbocycles. The van der Waals surface area contributed by atoms with Crippen LogP contribution in [-0.2, 0) is 11.2 Å². The lowest BCUT2D eigenvalue weighted by atomic mass is 10.1. The Morgan fingerprint density at radius 2 is 1.83 bits per heavy atom. The van der Waals surface area contributed by atoms with Crippen LogP contribution in [0.25, 0.3) is 10.9 Å². The Balaban J connectivity index is 1.56. The summed E-state index contributed by atoms with van der Waals surface area (Å²) < 4.78 is 0. The molecule has 1 amide bonds. The largest absolute Gasteiger partial charge is 0.351 e. The third kappa shape index (κ3) is 3.90. The summed E-state index contributed by atoms with van der Waals surface area (Å²) in [4.78, 5) is 26.7. The molecular formula is C20H20N2O2. The number of amides is 1. The van der Waals surface area contributed by atoms with Crippen molar-refractivity contribution in [3.63, 3.8) is 0 Å². The van der Waals surface area contributed by atoms with E-state index in [1.807, 2.05) is 42.5 Å². The summed E-state index contributed by atoms with van der Waals surface area (Å²) in [5, 5.41) is 3.77. The molecule has 0 saturated heterocycles. The van der Waals surface area contributed by atoms with Gasteiger partial charge in [-0.15, -0.1) is 0 Å². The number of para-hydroxylation sites is 1. The molecule has 0 bridgehead atoms. The maximum absolute atomic E-state index is 12.3. The lowest BCUT2D eigenvalue weighted by Gasteiger charge is -2.12. The molecule has 122 valence electrons. The van der Waals surface area contributed by atoms with Gasteiger partial charge in [-0.25, -0.2) is 0 Å². The first-order chi connectivity index (χ1) is 11.8. The Morgan fingerprint density at radius 3 is 2.58 bits per heavy atom. The minimum Gasteiger partial charge on any atom is -0.351 e. The molecule has 2 N–H and O–H groups in total. The molecule has 1 atom stereocenters. The van der Waals surface area contributed by atoms with Crippen LogP contribution in [0, 0.1) is 0 Å². The average molecular weight is 320 g/mol. The highest BCUT2D eigenvalue weighted by Crippen LogP contribution is 2.15. The van der Waals surface area contributed by atoms with Crippen LogP contribution in [0.15, 0.2) is 60.7 Å². The second kappa shape index (κ2) is 7.59. The van der Waals surface area contributed by atoms with Crippen LogP contribution in [-0.4, -0.2) is 23.2 Å². The van der Waals surface area contributed by atoms with Gasteiger partial charge in [0, 0.05) is 10.9 Å². The number of carbonyl (C=O) groups excluding carboxylic acids is 2. The number of rotatable bonds is 7. The Hall–Kier alpha value is -2.88. The summed E-state index contributed by atoms with van der Waals surface area (Å²) in [5.74, 6) is -0.247. The van der Waals surface area contributed by atoms with E-state index in [0.717, 1.165) is 30.0 Å². The first-order valence-corrected chi connectivity index (χ1v) is 8.14. The summed E-state index contributed by atoms with van der Waals surface area (Å²) >= 11 is 0. The SMILES string of the molecule is O=C[C@@H](CCCc1ccccc1)NC(=O)c1cc2ccccc2[nH]1. The minimum atomic E-state index is -0.465. The second-order valence-electron chi connectivity index (χ2n) is 5.86. The smallest absolute Gasteiger partial charge is 0.268 e. The number of nitrogens with one attached hydrogen (secondary N) is 2. The number of aryl methyl sites for hydroxylation is 1. The maximum Gasteiger partial charge on any atom is 0.268 e. The number of aromatic amines is 1. The van der Waals surface area contributed by atoms with Gasteiger partial charge in [-0.3, -0.25) is 4.79 Å². The van der Waals surface area contributed by atoms with Gasteiger partial charge in [0.1, 0.15) is 12.0 Å². The van der Waals surface area contributed by atoms with Crippen molar-refractivity contribution in [1.82, 2.24) is 10.3 Å². The van der Waals surface area contributed by atoms with Crippen molar-refractivity contribution in [3.05, 3.63) is 71.9 Å². The lowest BCUT2D eigenvalue weighted by Crippen LogP contribution is -2.36. The Labute approximate surface area is 140 Å². The van der Waals surface area contributed by atoms with Crippen LogP contribution in [0.3, 0.4) is 0 Å². The molecule has 3 aromatic rings. The number of H-pyrrole nitrogens is 1. The highest BCUT2D eigenvalue weighted by molar-refractivity contribution is 5.98. The van der Waals surface area contributed by atoms with Gasteiger partial charge < -0.3 is 15.1 Å². The van der Waals surface area contributed by atoms with Crippen molar-refractivity contribution in [2.24, 2.45) is 0 Å². The molecule has 4 nitrogen and oxygen atoms in total. The monoisotopic (exact) mass is 320 g/mol. The zero-order chi connectivity index (χ0) is 16.8. The van der Waals surface area contributed by atoms with Crippen LogP contribution >= 0.6 is 0 Å². The molecule has 0 fully saturated rings. The van der Waals surface area contributed by atoms with Crippen LogP contribution in [0.5, 0.6) is 0 Å². The van der Waals surface area contributed by atoms with Crippen molar-refractivity contribution in [2.45, 2.75) is 25.3 Å². The first kappa shape index (κ1) is 16.0. The molecule has 0 radical (unpaired) electrons. The summed E-state index contributed by atoms with van der Waals surface area (Å²) in [7, 11) is 0. The van der Waals surface area contributed by atoms with Crippen molar-refractivity contribution in [2.75, 3.05) is 0 Å². The molecule has 0 saturated carbocycles. The van der Waals surface area contributed by atoms with Crippen LogP contribution in [0.2, 0.25) is 0 Å². The Morgan fingerprint density at radius 1 is 1.08 bits per heavy atom. The molecule has 1 heterocycles. The molecule has 0 spiro atoms. The van der Waals surface area contributed by atoms with E-state index < -0.39 is 6.04 Å². The standard InChI is InChI=1S/C20H20N2O2/c23-14-17(11-6-9-15-7-2-1-3-8-15)21-20(24)19-13-16-10-4-5-12-18(16)22-19/h1-5,7-8,10,12-14,17,22H,6,9,11H2,(H,21,24)/t17-/m1/s1. The normalized spacial score (nSPS) is 12.0. The van der Waals surface area contributed by atoms with Gasteiger partial charge >= 0.3 is 0 Å². The third-order valence-electron chi connectivity index (χ3n) is 4.08. The van der Waals surface area contributed by atoms with Gasteiger partial charge in [0.15, 0.2) is 0 Å². The van der Waals surface area contributed by atoms with E-state index in [9.17, 15) is 9.59 Å². The highest BCUT2D eigenvalue weighted by Gasteiger charge is 2.14. The summed E-state index contributed by atoms with van der Waals surface area (Å²) in [6.45, 7) is 0. The van der Waals surface area contributed by atoms with Gasteiger partial charge in [0.25, 0.3) is 5.91 Å². The van der Waals surface area contributed by atoms with E-state index in [-0.39, 0.29) is 5.91 Å². The van der Waals surface area contributed by atoms with Crippen LogP contribution < -0.4 is 5.32 Å². The average Bonchev–Trinajstić information content (AvgIpc) is 3.06. The van der Waals surface area contributed by atoms with Gasteiger partial charge in [0.2, 0.25) is 0 Å². The van der Waals surface area contributed by atoms with Crippen LogP contribution in [0.4, 0.5) is 0 Å². The number of carbonyl (C=O) groups is 2. The zero-order valence-corrected chi connectivity index (χ0v) is 13.4. The molecule has 0 aliphatic heterocycles. The number of fused-ring (bicyclic) bond motifs is 1. The number of aromatic nitrogens is 1. The Kier molecular flexibility index (Phi) is 5.06. The van der Waals surface area contributed by atoms with E-state index >= 15 is 0 Å². The third-order valence-corrected chi connectivity index (χ3v) is 4.08. The summed E-state index contributed by atoms with van der Waals surface area (Å²) in [5.41, 5.74) is 2.63. The van der Waals surface area contributed by atoms with Gasteiger partial charge in [-0.1, -0.05) is 48.5 Å². The highest BCUT2D eigenvalue weighted by atomic mass is 16.2. The van der Waals surface area contributed by atoms with Gasteiger partial charge in [-0.05, 0) is 37.0 Å². The molecule has 1 aromatic heterocycles. The van der Waals surface area contributed by atoms with Crippen LogP contribution in [0.1, 0.15) is 28.9 Å². The first-order valence-electron chi connectivity index (χ1n) is 8.14. The fraction of sp³-hybridized carbons (Fsp3) is 0.200. The molecule has 4 heteroatoms. The van der Waals surface area contributed by atoms with Crippen molar-refractivity contribution in [3.8, 4) is 0 Å². The fourth-order valence-electron chi connectivity index (χ4n) is 2.79. The molecule has 24 heavy (non-hydrogen) atoms. The fourth-order valence-corrected chi connectivity index (χ4v) is 2.79. The van der Waals surface area contributed by atoms with E-state index in [4.69, 9.17) is 0 Å². The quantitative estimate of drug-likeness (QED) is 0.655. The lowest BCUT2D eigenvalue weighted by molar-refractivity contribution is -0.109. The van der Waals surface area contributed by atoms with E-state index in [1.54, 1.807) is 6.07 Å². The topological polar surface area (TPSA) is 62.0 Å². The van der Waals surface area contributed by atoms with E-state index in [2.05, 4.69) is 22.4 Å². The van der Waals surface area contributed by atoms with E-state index in [1.165, 1.54) is 5.56 Å². The Bertz CT molecular complexity index is 791. The second-order valence-corrected chi connectivity index (χ2v) is 5.86. The van der Waals surface area contributed by atoms with Crippen molar-refractivity contribution in [1.29, 1.82) is 0 Å². The predicted molar refractivity (Wildman–Crippen MR) is 95.0 cm³/mol. The summed E-state index contributed by atoms with van der Waals surface area (Å²) in [6, 6.07) is 19.2. The minimum absolute atomic E-state index is 0.247. The van der Waals surface area contributed by atoms with Gasteiger partial charge in [0.05, 0.1) is 6.04 Å². The number of aldehydes is 1. The van der Waals surface area contributed by atoms with E-state index in [0.29, 0.717) is 12.1 Å².